The molecule has 1 atom stereocenters. The highest BCUT2D eigenvalue weighted by Gasteiger charge is 2.10. The Hall–Kier alpha value is -0.0400. The number of nitrogens with two attached hydrogens (primary N) is 1. The maximum atomic E-state index is 5.49. The monoisotopic (exact) mass is 196 g/mol. The van der Waals surface area contributed by atoms with Gasteiger partial charge in [0.2, 0.25) is 0 Å². The zero-order valence-electron chi connectivity index (χ0n) is 9.51. The number of hydrogen-bond acceptors (Lipinski definition) is 1. The van der Waals surface area contributed by atoms with Gasteiger partial charge in [0.25, 0.3) is 0 Å². The average molecular weight is 196 g/mol. The van der Waals surface area contributed by atoms with Crippen molar-refractivity contribution in [2.45, 2.75) is 64.2 Å². The van der Waals surface area contributed by atoms with Crippen LogP contribution in [0.5, 0.6) is 0 Å². The molecule has 1 saturated carbocycles. The molecule has 1 heteroatoms. The van der Waals surface area contributed by atoms with Crippen LogP contribution in [0.2, 0.25) is 0 Å². The van der Waals surface area contributed by atoms with Crippen LogP contribution in [-0.2, 0) is 0 Å². The molecule has 2 N–H and O–H groups in total. The molecule has 83 valence electrons. The number of rotatable bonds is 5. The van der Waals surface area contributed by atoms with Crippen molar-refractivity contribution in [1.29, 1.82) is 0 Å². The Kier molecular flexibility index (Phi) is 7.12. The summed E-state index contributed by atoms with van der Waals surface area (Å²) in [6.45, 7) is 0.873. The first-order valence-corrected chi connectivity index (χ1v) is 6.45. The van der Waals surface area contributed by atoms with Crippen LogP contribution < -0.4 is 5.73 Å². The molecule has 0 spiro atoms. The fourth-order valence-electron chi connectivity index (χ4n) is 2.41. The Bertz CT molecular complexity index is 114. The first-order chi connectivity index (χ1) is 6.93. The molecule has 0 heterocycles. The molecule has 0 aliphatic heterocycles. The van der Waals surface area contributed by atoms with Gasteiger partial charge in [0.05, 0.1) is 0 Å². The van der Waals surface area contributed by atoms with Gasteiger partial charge in [0.15, 0.2) is 0 Å². The predicted octanol–water partition coefficient (Wildman–Crippen LogP) is 3.68. The van der Waals surface area contributed by atoms with E-state index in [9.17, 15) is 0 Å². The average Bonchev–Trinajstić information content (AvgIpc) is 2.15. The SMILES string of the molecule is NCCCCCC1CC[CH]CCCC1. The molecule has 1 aliphatic carbocycles. The van der Waals surface area contributed by atoms with Gasteiger partial charge < -0.3 is 5.73 Å². The van der Waals surface area contributed by atoms with Crippen LogP contribution in [0.25, 0.3) is 0 Å². The molecule has 1 rings (SSSR count). The third-order valence-electron chi connectivity index (χ3n) is 3.37. The Balaban J connectivity index is 2.02. The molecule has 1 fully saturated rings. The quantitative estimate of drug-likeness (QED) is 0.667. The maximum Gasteiger partial charge on any atom is -0.00773 e. The van der Waals surface area contributed by atoms with Crippen molar-refractivity contribution in [3.8, 4) is 0 Å². The van der Waals surface area contributed by atoms with E-state index in [1.807, 2.05) is 0 Å². The van der Waals surface area contributed by atoms with E-state index in [1.165, 1.54) is 64.2 Å². The van der Waals surface area contributed by atoms with Crippen molar-refractivity contribution in [3.05, 3.63) is 6.42 Å². The smallest absolute Gasteiger partial charge is 0.00773 e. The molecule has 0 amide bonds. The first-order valence-electron chi connectivity index (χ1n) is 6.45. The van der Waals surface area contributed by atoms with E-state index in [0.717, 1.165) is 12.5 Å². The fraction of sp³-hybridized carbons (Fsp3) is 0.923. The van der Waals surface area contributed by atoms with Gasteiger partial charge in [-0.05, 0) is 31.7 Å². The van der Waals surface area contributed by atoms with E-state index in [-0.39, 0.29) is 0 Å². The second-order valence-electron chi connectivity index (χ2n) is 4.65. The summed E-state index contributed by atoms with van der Waals surface area (Å²) in [7, 11) is 0. The Morgan fingerprint density at radius 3 is 2.79 bits per heavy atom. The number of unbranched alkanes of at least 4 members (excludes halogenated alkanes) is 2. The molecule has 0 bridgehead atoms. The van der Waals surface area contributed by atoms with Crippen LogP contribution in [0.3, 0.4) is 0 Å². The maximum absolute atomic E-state index is 5.49. The van der Waals surface area contributed by atoms with Gasteiger partial charge in [0.1, 0.15) is 0 Å². The van der Waals surface area contributed by atoms with Gasteiger partial charge in [-0.15, -0.1) is 0 Å². The molecule has 14 heavy (non-hydrogen) atoms. The highest BCUT2D eigenvalue weighted by molar-refractivity contribution is 4.72. The minimum atomic E-state index is 0.873. The highest BCUT2D eigenvalue weighted by Crippen LogP contribution is 2.25. The van der Waals surface area contributed by atoms with Crippen molar-refractivity contribution in [1.82, 2.24) is 0 Å². The second kappa shape index (κ2) is 8.28. The summed E-state index contributed by atoms with van der Waals surface area (Å²) in [4.78, 5) is 0. The molecule has 0 aromatic rings. The standard InChI is InChI=1S/C13H26N/c14-12-8-4-7-11-13-9-5-2-1-3-6-10-13/h2,13H,1,3-12,14H2. The van der Waals surface area contributed by atoms with Crippen LogP contribution in [-0.4, -0.2) is 6.54 Å². The lowest BCUT2D eigenvalue weighted by Crippen LogP contribution is -2.04. The Morgan fingerprint density at radius 1 is 1.00 bits per heavy atom. The normalized spacial score (nSPS) is 20.4. The van der Waals surface area contributed by atoms with E-state index < -0.39 is 0 Å². The van der Waals surface area contributed by atoms with Crippen molar-refractivity contribution >= 4 is 0 Å². The summed E-state index contributed by atoms with van der Waals surface area (Å²) >= 11 is 0. The van der Waals surface area contributed by atoms with Gasteiger partial charge in [-0.25, -0.2) is 0 Å². The molecule has 1 nitrogen and oxygen atoms in total. The third-order valence-corrected chi connectivity index (χ3v) is 3.37. The van der Waals surface area contributed by atoms with E-state index >= 15 is 0 Å². The molecule has 1 radical (unpaired) electrons. The van der Waals surface area contributed by atoms with Gasteiger partial charge in [-0.1, -0.05) is 51.4 Å². The van der Waals surface area contributed by atoms with Crippen LogP contribution in [0.15, 0.2) is 0 Å². The van der Waals surface area contributed by atoms with E-state index in [1.54, 1.807) is 0 Å². The topological polar surface area (TPSA) is 26.0 Å². The molecular weight excluding hydrogens is 170 g/mol. The largest absolute Gasteiger partial charge is 0.330 e. The van der Waals surface area contributed by atoms with Crippen molar-refractivity contribution < 1.29 is 0 Å². The molecule has 0 aromatic carbocycles. The highest BCUT2D eigenvalue weighted by atomic mass is 14.5. The predicted molar refractivity (Wildman–Crippen MR) is 63.0 cm³/mol. The van der Waals surface area contributed by atoms with Crippen molar-refractivity contribution in [2.24, 2.45) is 11.7 Å². The van der Waals surface area contributed by atoms with Crippen LogP contribution in [0.4, 0.5) is 0 Å². The van der Waals surface area contributed by atoms with E-state index in [4.69, 9.17) is 5.73 Å². The Labute approximate surface area is 89.5 Å². The van der Waals surface area contributed by atoms with Crippen LogP contribution in [0, 0.1) is 12.3 Å². The number of hydrogen-bond donors (Lipinski definition) is 1. The minimum Gasteiger partial charge on any atom is -0.330 e. The van der Waals surface area contributed by atoms with Crippen molar-refractivity contribution in [3.63, 3.8) is 0 Å². The Morgan fingerprint density at radius 2 is 1.93 bits per heavy atom. The molecular formula is C13H26N. The van der Waals surface area contributed by atoms with Gasteiger partial charge >= 0.3 is 0 Å². The van der Waals surface area contributed by atoms with Crippen molar-refractivity contribution in [2.75, 3.05) is 6.54 Å². The summed E-state index contributed by atoms with van der Waals surface area (Å²) < 4.78 is 0. The molecule has 0 aromatic heterocycles. The second-order valence-corrected chi connectivity index (χ2v) is 4.65. The van der Waals surface area contributed by atoms with E-state index in [2.05, 4.69) is 6.42 Å². The fourth-order valence-corrected chi connectivity index (χ4v) is 2.41. The third kappa shape index (κ3) is 5.64. The van der Waals surface area contributed by atoms with Gasteiger partial charge in [0, 0.05) is 0 Å². The molecule has 1 aliphatic rings. The lowest BCUT2D eigenvalue weighted by atomic mass is 9.87. The van der Waals surface area contributed by atoms with Crippen LogP contribution >= 0.6 is 0 Å². The summed E-state index contributed by atoms with van der Waals surface area (Å²) in [6.07, 6.45) is 16.5. The van der Waals surface area contributed by atoms with Gasteiger partial charge in [-0.3, -0.25) is 0 Å². The summed E-state index contributed by atoms with van der Waals surface area (Å²) in [5.41, 5.74) is 5.49. The lowest BCUT2D eigenvalue weighted by molar-refractivity contribution is 0.370. The zero-order valence-corrected chi connectivity index (χ0v) is 9.51. The zero-order chi connectivity index (χ0) is 10.1. The summed E-state index contributed by atoms with van der Waals surface area (Å²) in [5.74, 6) is 1.02. The molecule has 1 unspecified atom stereocenters. The lowest BCUT2D eigenvalue weighted by Gasteiger charge is -2.19. The first kappa shape index (κ1) is 12.0. The van der Waals surface area contributed by atoms with E-state index in [0.29, 0.717) is 0 Å². The minimum absolute atomic E-state index is 0.873. The van der Waals surface area contributed by atoms with Gasteiger partial charge in [-0.2, -0.15) is 0 Å². The summed E-state index contributed by atoms with van der Waals surface area (Å²) in [6, 6.07) is 0. The molecule has 0 saturated heterocycles. The summed E-state index contributed by atoms with van der Waals surface area (Å²) in [5, 5.41) is 0. The van der Waals surface area contributed by atoms with Crippen LogP contribution in [0.1, 0.15) is 64.2 Å².